The van der Waals surface area contributed by atoms with Gasteiger partial charge in [-0.15, -0.1) is 0 Å². The minimum Gasteiger partial charge on any atom is -0.460 e. The molecule has 5 nitrogen and oxygen atoms in total. The second-order valence-electron chi connectivity index (χ2n) is 7.49. The van der Waals surface area contributed by atoms with Crippen LogP contribution in [0.3, 0.4) is 0 Å². The standard InChI is InChI=1S/C22H21NO4/c1-23-14-10-11-15(23)13-16(12-14)26-21(24)22(25)17-6-2-4-8-19(17)27-20-9-5-3-7-18(20)22/h2-11,14-16,25H,12-13H2,1H3. The summed E-state index contributed by atoms with van der Waals surface area (Å²) in [5.74, 6) is 0.307. The Morgan fingerprint density at radius 2 is 1.56 bits per heavy atom. The van der Waals surface area contributed by atoms with Crippen LogP contribution in [0, 0.1) is 0 Å². The van der Waals surface area contributed by atoms with E-state index in [4.69, 9.17) is 9.47 Å². The molecule has 1 fully saturated rings. The molecular formula is C22H21NO4. The number of hydrogen-bond donors (Lipinski definition) is 1. The lowest BCUT2D eigenvalue weighted by atomic mass is 9.83. The summed E-state index contributed by atoms with van der Waals surface area (Å²) < 4.78 is 11.8. The summed E-state index contributed by atoms with van der Waals surface area (Å²) in [6, 6.07) is 14.7. The average Bonchev–Trinajstić information content (AvgIpc) is 2.89. The van der Waals surface area contributed by atoms with Crippen LogP contribution in [0.15, 0.2) is 60.7 Å². The molecule has 2 aromatic carbocycles. The minimum atomic E-state index is -1.87. The molecule has 2 aromatic rings. The molecule has 2 atom stereocenters. The molecule has 0 saturated carbocycles. The van der Waals surface area contributed by atoms with Crippen molar-refractivity contribution >= 4 is 5.97 Å². The predicted octanol–water partition coefficient (Wildman–Crippen LogP) is 2.97. The SMILES string of the molecule is CN1C2C=CC1CC(OC(=O)C1(O)c3ccccc3Oc3ccccc31)C2. The van der Waals surface area contributed by atoms with Crippen molar-refractivity contribution in [2.75, 3.05) is 7.05 Å². The van der Waals surface area contributed by atoms with E-state index in [2.05, 4.69) is 24.1 Å². The number of likely N-dealkylation sites (N-methyl/N-ethyl adjacent to an activating group) is 1. The van der Waals surface area contributed by atoms with Gasteiger partial charge in [-0.1, -0.05) is 48.6 Å². The van der Waals surface area contributed by atoms with Crippen LogP contribution in [0.4, 0.5) is 0 Å². The smallest absolute Gasteiger partial charge is 0.348 e. The Hall–Kier alpha value is -2.63. The van der Waals surface area contributed by atoms with E-state index < -0.39 is 11.6 Å². The van der Waals surface area contributed by atoms with Crippen molar-refractivity contribution in [1.29, 1.82) is 0 Å². The molecule has 1 saturated heterocycles. The fraction of sp³-hybridized carbons (Fsp3) is 0.318. The largest absolute Gasteiger partial charge is 0.460 e. The summed E-state index contributed by atoms with van der Waals surface area (Å²) in [5, 5.41) is 11.6. The zero-order valence-electron chi connectivity index (χ0n) is 15.0. The van der Waals surface area contributed by atoms with Gasteiger partial charge in [0.25, 0.3) is 0 Å². The highest BCUT2D eigenvalue weighted by Gasteiger charge is 2.49. The van der Waals surface area contributed by atoms with Gasteiger partial charge in [-0.2, -0.15) is 0 Å². The maximum atomic E-state index is 13.3. The van der Waals surface area contributed by atoms with Crippen LogP contribution in [0.5, 0.6) is 11.5 Å². The minimum absolute atomic E-state index is 0.218. The van der Waals surface area contributed by atoms with Crippen LogP contribution in [0.25, 0.3) is 0 Å². The van der Waals surface area contributed by atoms with Gasteiger partial charge < -0.3 is 14.6 Å². The van der Waals surface area contributed by atoms with Crippen LogP contribution in [-0.2, 0) is 15.1 Å². The number of piperidine rings is 1. The van der Waals surface area contributed by atoms with Crippen LogP contribution in [-0.4, -0.2) is 41.2 Å². The summed E-state index contributed by atoms with van der Waals surface area (Å²) >= 11 is 0. The van der Waals surface area contributed by atoms with Crippen LogP contribution in [0.1, 0.15) is 24.0 Å². The number of esters is 1. The van der Waals surface area contributed by atoms with Gasteiger partial charge in [-0.3, -0.25) is 4.90 Å². The molecule has 5 heteroatoms. The predicted molar refractivity (Wildman–Crippen MR) is 99.5 cm³/mol. The number of carbonyl (C=O) groups excluding carboxylic acids is 1. The molecule has 138 valence electrons. The molecule has 3 aliphatic rings. The molecule has 0 aliphatic carbocycles. The third kappa shape index (κ3) is 2.42. The second kappa shape index (κ2) is 5.94. The molecule has 3 heterocycles. The highest BCUT2D eigenvalue weighted by atomic mass is 16.6. The number of benzene rings is 2. The van der Waals surface area contributed by atoms with Crippen molar-refractivity contribution in [3.8, 4) is 11.5 Å². The molecule has 1 N–H and O–H groups in total. The van der Waals surface area contributed by atoms with E-state index in [1.54, 1.807) is 36.4 Å². The van der Waals surface area contributed by atoms with Crippen molar-refractivity contribution in [1.82, 2.24) is 4.90 Å². The summed E-state index contributed by atoms with van der Waals surface area (Å²) in [6.45, 7) is 0. The van der Waals surface area contributed by atoms with E-state index >= 15 is 0 Å². The summed E-state index contributed by atoms with van der Waals surface area (Å²) in [4.78, 5) is 15.6. The van der Waals surface area contributed by atoms with E-state index in [1.165, 1.54) is 0 Å². The maximum absolute atomic E-state index is 13.3. The molecule has 3 aliphatic heterocycles. The van der Waals surface area contributed by atoms with Crippen molar-refractivity contribution in [2.24, 2.45) is 0 Å². The lowest BCUT2D eigenvalue weighted by Crippen LogP contribution is -2.47. The van der Waals surface area contributed by atoms with Gasteiger partial charge in [-0.05, 0) is 19.2 Å². The monoisotopic (exact) mass is 363 g/mol. The van der Waals surface area contributed by atoms with E-state index in [9.17, 15) is 9.90 Å². The molecule has 5 rings (SSSR count). The normalized spacial score (nSPS) is 27.4. The number of nitrogens with zero attached hydrogens (tertiary/aromatic N) is 1. The molecule has 27 heavy (non-hydrogen) atoms. The third-order valence-corrected chi connectivity index (χ3v) is 5.95. The average molecular weight is 363 g/mol. The third-order valence-electron chi connectivity index (χ3n) is 5.95. The number of ether oxygens (including phenoxy) is 2. The fourth-order valence-corrected chi connectivity index (χ4v) is 4.42. The van der Waals surface area contributed by atoms with Gasteiger partial charge in [0.05, 0.1) is 0 Å². The molecule has 2 bridgehead atoms. The Bertz CT molecular complexity index is 876. The second-order valence-corrected chi connectivity index (χ2v) is 7.49. The van der Waals surface area contributed by atoms with Crippen molar-refractivity contribution in [3.63, 3.8) is 0 Å². The zero-order chi connectivity index (χ0) is 18.6. The Morgan fingerprint density at radius 3 is 2.11 bits per heavy atom. The quantitative estimate of drug-likeness (QED) is 0.657. The van der Waals surface area contributed by atoms with Gasteiger partial charge >= 0.3 is 5.97 Å². The number of para-hydroxylation sites is 2. The fourth-order valence-electron chi connectivity index (χ4n) is 4.42. The Balaban J connectivity index is 1.49. The van der Waals surface area contributed by atoms with Gasteiger partial charge in [-0.25, -0.2) is 4.79 Å². The van der Waals surface area contributed by atoms with Crippen LogP contribution < -0.4 is 4.74 Å². The lowest BCUT2D eigenvalue weighted by molar-refractivity contribution is -0.171. The number of carbonyl (C=O) groups is 1. The van der Waals surface area contributed by atoms with Gasteiger partial charge in [0.1, 0.15) is 17.6 Å². The van der Waals surface area contributed by atoms with E-state index in [-0.39, 0.29) is 18.2 Å². The Kier molecular flexibility index (Phi) is 3.64. The highest BCUT2D eigenvalue weighted by Crippen LogP contribution is 2.47. The Labute approximate surface area is 157 Å². The first-order valence-electron chi connectivity index (χ1n) is 9.28. The first-order valence-corrected chi connectivity index (χ1v) is 9.28. The molecule has 0 amide bonds. The van der Waals surface area contributed by atoms with Crippen molar-refractivity contribution in [2.45, 2.75) is 36.6 Å². The first-order chi connectivity index (χ1) is 13.1. The Morgan fingerprint density at radius 1 is 1.04 bits per heavy atom. The van der Waals surface area contributed by atoms with Crippen LogP contribution >= 0.6 is 0 Å². The summed E-state index contributed by atoms with van der Waals surface area (Å²) in [5.41, 5.74) is -1.04. The van der Waals surface area contributed by atoms with Crippen LogP contribution in [0.2, 0.25) is 0 Å². The van der Waals surface area contributed by atoms with Crippen molar-refractivity contribution < 1.29 is 19.4 Å². The first kappa shape index (κ1) is 16.5. The number of fused-ring (bicyclic) bond motifs is 4. The molecule has 0 radical (unpaired) electrons. The van der Waals surface area contributed by atoms with Gasteiger partial charge in [0.2, 0.25) is 5.60 Å². The number of rotatable bonds is 2. The van der Waals surface area contributed by atoms with Gasteiger partial charge in [0, 0.05) is 36.1 Å². The number of aliphatic hydroxyl groups is 1. The highest BCUT2D eigenvalue weighted by molar-refractivity contribution is 5.88. The summed E-state index contributed by atoms with van der Waals surface area (Å²) in [6.07, 6.45) is 5.61. The number of hydrogen-bond acceptors (Lipinski definition) is 5. The molecule has 0 spiro atoms. The van der Waals surface area contributed by atoms with E-state index in [0.717, 1.165) is 12.8 Å². The maximum Gasteiger partial charge on any atom is 0.348 e. The summed E-state index contributed by atoms with van der Waals surface area (Å²) in [7, 11) is 2.09. The topological polar surface area (TPSA) is 59.0 Å². The zero-order valence-corrected chi connectivity index (χ0v) is 15.0. The van der Waals surface area contributed by atoms with E-state index in [1.807, 2.05) is 12.1 Å². The lowest BCUT2D eigenvalue weighted by Gasteiger charge is -2.38. The van der Waals surface area contributed by atoms with E-state index in [0.29, 0.717) is 22.6 Å². The molecular weight excluding hydrogens is 342 g/mol. The molecule has 2 unspecified atom stereocenters. The van der Waals surface area contributed by atoms with Crippen molar-refractivity contribution in [3.05, 3.63) is 71.8 Å². The van der Waals surface area contributed by atoms with Gasteiger partial charge in [0.15, 0.2) is 0 Å². The molecule has 0 aromatic heterocycles.